The van der Waals surface area contributed by atoms with Crippen molar-refractivity contribution >= 4 is 35.1 Å². The molecular weight excluding hydrogens is 504 g/mol. The molecule has 0 unspecified atom stereocenters. The first kappa shape index (κ1) is 26.7. The molecule has 37 heavy (non-hydrogen) atoms. The number of ether oxygens (including phenoxy) is 1. The lowest BCUT2D eigenvalue weighted by atomic mass is 9.72. The Bertz CT molecular complexity index is 1120. The molecule has 5 rings (SSSR count). The fourth-order valence-corrected chi connectivity index (χ4v) is 5.29. The molecule has 4 fully saturated rings. The molecule has 200 valence electrons. The van der Waals surface area contributed by atoms with E-state index in [0.717, 1.165) is 6.07 Å². The van der Waals surface area contributed by atoms with Crippen LogP contribution in [-0.4, -0.2) is 72.0 Å². The lowest BCUT2D eigenvalue weighted by Gasteiger charge is -2.43. The van der Waals surface area contributed by atoms with E-state index in [4.69, 9.17) is 0 Å². The number of ketones is 1. The standard InChI is InChI=1S/C23H24F4N4O6/c24-14-3-1-2-4-15(14)29-19(34)20(35)30-21(36)22-8-12(9-22)10-31(22)16(7-13-5-6-28-18(13)33)17(32)11-37-23(25,26)27/h1-4,12-13,16H,5-11H2,(H,28,33)(H,29,34)(H,30,35,36)/t12?,13-,16-,22?/m0/s1. The number of nitrogens with zero attached hydrogens (tertiary/aromatic N) is 1. The number of anilines is 1. The van der Waals surface area contributed by atoms with Gasteiger partial charge in [-0.15, -0.1) is 13.2 Å². The molecule has 3 aliphatic heterocycles. The molecule has 3 saturated heterocycles. The van der Waals surface area contributed by atoms with E-state index in [9.17, 15) is 41.5 Å². The molecule has 0 radical (unpaired) electrons. The summed E-state index contributed by atoms with van der Waals surface area (Å²) in [5, 5.41) is 6.62. The predicted molar refractivity (Wildman–Crippen MR) is 117 cm³/mol. The van der Waals surface area contributed by atoms with E-state index >= 15 is 0 Å². The third kappa shape index (κ3) is 5.64. The van der Waals surface area contributed by atoms with Crippen LogP contribution in [0.4, 0.5) is 23.2 Å². The minimum Gasteiger partial charge on any atom is -0.356 e. The van der Waals surface area contributed by atoms with Crippen molar-refractivity contribution < 1.29 is 46.3 Å². The van der Waals surface area contributed by atoms with E-state index in [2.05, 4.69) is 15.4 Å². The quantitative estimate of drug-likeness (QED) is 0.337. The number of rotatable bonds is 8. The second-order valence-corrected chi connectivity index (χ2v) is 9.40. The molecule has 10 nitrogen and oxygen atoms in total. The van der Waals surface area contributed by atoms with Crippen molar-refractivity contribution in [1.82, 2.24) is 15.5 Å². The summed E-state index contributed by atoms with van der Waals surface area (Å²) in [4.78, 5) is 64.2. The summed E-state index contributed by atoms with van der Waals surface area (Å²) in [7, 11) is 0. The van der Waals surface area contributed by atoms with Crippen LogP contribution in [0.15, 0.2) is 24.3 Å². The Hall–Kier alpha value is -3.39. The number of benzene rings is 1. The number of nitrogens with one attached hydrogen (secondary N) is 3. The molecule has 4 aliphatic rings. The summed E-state index contributed by atoms with van der Waals surface area (Å²) < 4.78 is 55.3. The Labute approximate surface area is 208 Å². The number of hydrogen-bond acceptors (Lipinski definition) is 7. The Morgan fingerprint density at radius 3 is 2.49 bits per heavy atom. The highest BCUT2D eigenvalue weighted by molar-refractivity contribution is 6.42. The smallest absolute Gasteiger partial charge is 0.356 e. The van der Waals surface area contributed by atoms with E-state index in [1.807, 2.05) is 5.32 Å². The first-order valence-electron chi connectivity index (χ1n) is 11.6. The second-order valence-electron chi connectivity index (χ2n) is 9.40. The van der Waals surface area contributed by atoms with Gasteiger partial charge in [-0.1, -0.05) is 12.1 Å². The number of para-hydroxylation sites is 1. The molecule has 0 spiro atoms. The van der Waals surface area contributed by atoms with Crippen molar-refractivity contribution in [2.45, 2.75) is 43.6 Å². The molecule has 2 atom stereocenters. The molecule has 4 amide bonds. The van der Waals surface area contributed by atoms with Crippen LogP contribution in [0.2, 0.25) is 0 Å². The molecule has 0 aromatic heterocycles. The van der Waals surface area contributed by atoms with Gasteiger partial charge in [-0.25, -0.2) is 4.39 Å². The first-order chi connectivity index (χ1) is 17.4. The number of halogens is 4. The number of carbonyl (C=O) groups is 5. The van der Waals surface area contributed by atoms with E-state index in [0.29, 0.717) is 13.0 Å². The van der Waals surface area contributed by atoms with Crippen LogP contribution in [0.1, 0.15) is 25.7 Å². The fraction of sp³-hybridized carbons (Fsp3) is 0.522. The number of Topliss-reactive ketones (excluding diaryl/α,β-unsaturated/α-hetero) is 1. The van der Waals surface area contributed by atoms with Crippen LogP contribution in [0.5, 0.6) is 0 Å². The number of carbonyl (C=O) groups excluding carboxylic acids is 5. The predicted octanol–water partition coefficient (Wildman–Crippen LogP) is 0.872. The third-order valence-electron chi connectivity index (χ3n) is 7.03. The van der Waals surface area contributed by atoms with Crippen molar-refractivity contribution in [1.29, 1.82) is 0 Å². The summed E-state index contributed by atoms with van der Waals surface area (Å²) in [6, 6.07) is 3.83. The zero-order valence-electron chi connectivity index (χ0n) is 19.4. The zero-order valence-corrected chi connectivity index (χ0v) is 19.4. The zero-order chi connectivity index (χ0) is 27.0. The van der Waals surface area contributed by atoms with Crippen LogP contribution in [0.3, 0.4) is 0 Å². The van der Waals surface area contributed by atoms with Crippen molar-refractivity contribution in [2.75, 3.05) is 25.0 Å². The summed E-state index contributed by atoms with van der Waals surface area (Å²) in [5.74, 6) is -6.38. The van der Waals surface area contributed by atoms with Crippen molar-refractivity contribution in [3.8, 4) is 0 Å². The first-order valence-corrected chi connectivity index (χ1v) is 11.6. The van der Waals surface area contributed by atoms with Crippen molar-refractivity contribution in [2.24, 2.45) is 11.8 Å². The van der Waals surface area contributed by atoms with Gasteiger partial charge < -0.3 is 10.6 Å². The molecule has 1 aromatic carbocycles. The Balaban J connectivity index is 1.48. The minimum absolute atomic E-state index is 0.0654. The van der Waals surface area contributed by atoms with Gasteiger partial charge in [0.2, 0.25) is 11.8 Å². The highest BCUT2D eigenvalue weighted by Gasteiger charge is 2.63. The largest absolute Gasteiger partial charge is 0.522 e. The lowest BCUT2D eigenvalue weighted by Crippen LogP contribution is -2.63. The number of amides is 4. The number of imide groups is 1. The van der Waals surface area contributed by atoms with Gasteiger partial charge in [-0.2, -0.15) is 0 Å². The van der Waals surface area contributed by atoms with Gasteiger partial charge in [0.05, 0.1) is 11.7 Å². The molecule has 2 bridgehead atoms. The van der Waals surface area contributed by atoms with Gasteiger partial charge in [0.25, 0.3) is 0 Å². The molecule has 1 aliphatic carbocycles. The van der Waals surface area contributed by atoms with Gasteiger partial charge in [0.15, 0.2) is 5.78 Å². The molecule has 1 aromatic rings. The normalized spacial score (nSPS) is 25.7. The Morgan fingerprint density at radius 1 is 1.16 bits per heavy atom. The lowest BCUT2D eigenvalue weighted by molar-refractivity contribution is -0.321. The molecule has 14 heteroatoms. The molecule has 3 N–H and O–H groups in total. The highest BCUT2D eigenvalue weighted by Crippen LogP contribution is 2.52. The average molecular weight is 528 g/mol. The van der Waals surface area contributed by atoms with Crippen LogP contribution >= 0.6 is 0 Å². The number of hydrogen-bond donors (Lipinski definition) is 3. The SMILES string of the molecule is O=C(NC(=O)C12CC(CN1[C@@H](C[C@@H]1CCNC1=O)C(=O)COC(F)(F)F)C2)C(=O)Nc1ccccc1F. The average Bonchev–Trinajstić information content (AvgIpc) is 3.50. The maximum atomic E-state index is 13.8. The van der Waals surface area contributed by atoms with Gasteiger partial charge in [-0.05, 0) is 43.7 Å². The summed E-state index contributed by atoms with van der Waals surface area (Å²) >= 11 is 0. The van der Waals surface area contributed by atoms with Crippen LogP contribution in [0, 0.1) is 17.7 Å². The summed E-state index contributed by atoms with van der Waals surface area (Å²) in [6.45, 7) is -0.769. The van der Waals surface area contributed by atoms with Gasteiger partial charge >= 0.3 is 18.2 Å². The van der Waals surface area contributed by atoms with E-state index in [-0.39, 0.29) is 43.3 Å². The van der Waals surface area contributed by atoms with Gasteiger partial charge in [0, 0.05) is 19.0 Å². The van der Waals surface area contributed by atoms with Crippen molar-refractivity contribution in [3.63, 3.8) is 0 Å². The van der Waals surface area contributed by atoms with E-state index < -0.39 is 59.8 Å². The Kier molecular flexibility index (Phi) is 7.33. The summed E-state index contributed by atoms with van der Waals surface area (Å²) in [5.41, 5.74) is -1.70. The molecule has 3 heterocycles. The van der Waals surface area contributed by atoms with Crippen LogP contribution < -0.4 is 16.0 Å². The summed E-state index contributed by atoms with van der Waals surface area (Å²) in [6.07, 6.45) is -4.39. The highest BCUT2D eigenvalue weighted by atomic mass is 19.4. The van der Waals surface area contributed by atoms with Crippen LogP contribution in [0.25, 0.3) is 0 Å². The van der Waals surface area contributed by atoms with Gasteiger partial charge in [-0.3, -0.25) is 38.9 Å². The van der Waals surface area contributed by atoms with Gasteiger partial charge in [0.1, 0.15) is 18.0 Å². The van der Waals surface area contributed by atoms with Crippen molar-refractivity contribution in [3.05, 3.63) is 30.1 Å². The van der Waals surface area contributed by atoms with Crippen LogP contribution in [-0.2, 0) is 28.7 Å². The second kappa shape index (κ2) is 10.2. The maximum absolute atomic E-state index is 13.8. The Morgan fingerprint density at radius 2 is 1.86 bits per heavy atom. The monoisotopic (exact) mass is 528 g/mol. The number of fused-ring (bicyclic) bond motifs is 1. The van der Waals surface area contributed by atoms with E-state index in [1.54, 1.807) is 0 Å². The molecule has 1 saturated carbocycles. The topological polar surface area (TPSA) is 134 Å². The third-order valence-corrected chi connectivity index (χ3v) is 7.03. The maximum Gasteiger partial charge on any atom is 0.522 e. The number of alkyl halides is 3. The molecular formula is C23H24F4N4O6. The fourth-order valence-electron chi connectivity index (χ4n) is 5.29. The van der Waals surface area contributed by atoms with E-state index in [1.165, 1.54) is 23.1 Å². The minimum atomic E-state index is -5.05.